The summed E-state index contributed by atoms with van der Waals surface area (Å²) in [6, 6.07) is 19.6. The van der Waals surface area contributed by atoms with Crippen molar-refractivity contribution < 1.29 is 33.6 Å². The monoisotopic (exact) mass is 589 g/mol. The highest BCUT2D eigenvalue weighted by Gasteiger charge is 2.19. The van der Waals surface area contributed by atoms with Gasteiger partial charge in [0.05, 0.1) is 19.8 Å². The van der Waals surface area contributed by atoms with Crippen LogP contribution in [0.4, 0.5) is 4.79 Å². The van der Waals surface area contributed by atoms with Crippen LogP contribution in [0.15, 0.2) is 66.7 Å². The van der Waals surface area contributed by atoms with E-state index in [1.54, 1.807) is 61.5 Å². The summed E-state index contributed by atoms with van der Waals surface area (Å²) in [5.74, 6) is 0.0729. The lowest BCUT2D eigenvalue weighted by Gasteiger charge is -2.22. The Balaban J connectivity index is 1.56. The summed E-state index contributed by atoms with van der Waals surface area (Å²) < 4.78 is 22.5. The maximum Gasteiger partial charge on any atom is 0.415 e. The minimum absolute atomic E-state index is 0.211. The van der Waals surface area contributed by atoms with Gasteiger partial charge in [-0.1, -0.05) is 53.5 Å². The zero-order valence-corrected chi connectivity index (χ0v) is 24.0. The molecule has 0 spiro atoms. The number of aryl methyl sites for hydroxylation is 1. The third-order valence-corrected chi connectivity index (χ3v) is 6.30. The van der Waals surface area contributed by atoms with E-state index in [0.29, 0.717) is 28.2 Å². The summed E-state index contributed by atoms with van der Waals surface area (Å²) >= 11 is 12.1. The van der Waals surface area contributed by atoms with Crippen LogP contribution < -0.4 is 9.47 Å². The van der Waals surface area contributed by atoms with Crippen LogP contribution in [0.1, 0.15) is 23.6 Å². The number of aliphatic carboxylic acids is 1. The van der Waals surface area contributed by atoms with E-state index in [4.69, 9.17) is 42.1 Å². The summed E-state index contributed by atoms with van der Waals surface area (Å²) in [4.78, 5) is 25.9. The molecule has 1 atom stereocenters. The van der Waals surface area contributed by atoms with Gasteiger partial charge in [0.1, 0.15) is 18.1 Å². The van der Waals surface area contributed by atoms with E-state index in [9.17, 15) is 14.7 Å². The maximum atomic E-state index is 13.0. The predicted octanol–water partition coefficient (Wildman–Crippen LogP) is 6.43. The molecule has 0 saturated heterocycles. The number of rotatable bonds is 15. The van der Waals surface area contributed by atoms with Crippen molar-refractivity contribution in [2.24, 2.45) is 0 Å². The summed E-state index contributed by atoms with van der Waals surface area (Å²) in [5.41, 5.74) is 2.49. The zero-order chi connectivity index (χ0) is 28.9. The average Bonchev–Trinajstić information content (AvgIpc) is 2.91. The molecular formula is C30H33Cl2NO7. The minimum atomic E-state index is -1.000. The summed E-state index contributed by atoms with van der Waals surface area (Å²) in [6.07, 6.45) is -1.16. The molecule has 0 fully saturated rings. The molecule has 3 aromatic carbocycles. The van der Waals surface area contributed by atoms with Crippen LogP contribution in [0, 0.1) is 6.92 Å². The number of ether oxygens (including phenoxy) is 4. The second-order valence-electron chi connectivity index (χ2n) is 8.93. The van der Waals surface area contributed by atoms with Crippen molar-refractivity contribution in [2.75, 3.05) is 32.9 Å². The predicted molar refractivity (Wildman–Crippen MR) is 154 cm³/mol. The van der Waals surface area contributed by atoms with E-state index in [0.717, 1.165) is 16.7 Å². The van der Waals surface area contributed by atoms with Gasteiger partial charge in [-0.05, 0) is 66.9 Å². The van der Waals surface area contributed by atoms with E-state index in [1.165, 1.54) is 4.90 Å². The fraction of sp³-hybridized carbons (Fsp3) is 0.333. The topological polar surface area (TPSA) is 94.5 Å². The van der Waals surface area contributed by atoms with Gasteiger partial charge in [0, 0.05) is 29.6 Å². The van der Waals surface area contributed by atoms with Gasteiger partial charge < -0.3 is 29.0 Å². The molecule has 8 nitrogen and oxygen atoms in total. The van der Waals surface area contributed by atoms with Crippen LogP contribution in [0.3, 0.4) is 0 Å². The Bertz CT molecular complexity index is 1230. The largest absolute Gasteiger partial charge is 0.492 e. The second-order valence-corrected chi connectivity index (χ2v) is 9.80. The lowest BCUT2D eigenvalue weighted by molar-refractivity contribution is -0.149. The first-order chi connectivity index (χ1) is 19.2. The number of carboxylic acid groups (broad SMARTS) is 1. The van der Waals surface area contributed by atoms with Gasteiger partial charge in [-0.15, -0.1) is 0 Å². The van der Waals surface area contributed by atoms with Crippen molar-refractivity contribution in [1.82, 2.24) is 4.90 Å². The van der Waals surface area contributed by atoms with Gasteiger partial charge in [-0.25, -0.2) is 9.59 Å². The number of halogens is 2. The standard InChI is InChI=1S/C30H33Cl2NO7/c1-3-38-28(29(34)35)18-22-8-10-26(11-9-22)39-15-13-33(30(36)40-27-7-5-4-6-21(27)2)12-14-37-20-23-16-24(31)19-25(32)17-23/h4-11,16-17,19,28H,3,12-15,18,20H2,1-2H3,(H,34,35). The molecule has 0 bridgehead atoms. The summed E-state index contributed by atoms with van der Waals surface area (Å²) in [5, 5.41) is 10.3. The molecule has 1 unspecified atom stereocenters. The maximum absolute atomic E-state index is 13.0. The fourth-order valence-electron chi connectivity index (χ4n) is 3.81. The highest BCUT2D eigenvalue weighted by atomic mass is 35.5. The van der Waals surface area contributed by atoms with Crippen LogP contribution in [-0.4, -0.2) is 61.1 Å². The van der Waals surface area contributed by atoms with E-state index in [2.05, 4.69) is 0 Å². The normalized spacial score (nSPS) is 11.6. The number of carbonyl (C=O) groups excluding carboxylic acids is 1. The van der Waals surface area contributed by atoms with Crippen LogP contribution >= 0.6 is 23.2 Å². The van der Waals surface area contributed by atoms with Gasteiger partial charge in [0.25, 0.3) is 0 Å². The first-order valence-corrected chi connectivity index (χ1v) is 13.6. The Morgan fingerprint density at radius 1 is 0.925 bits per heavy atom. The fourth-order valence-corrected chi connectivity index (χ4v) is 4.38. The average molecular weight is 591 g/mol. The quantitative estimate of drug-likeness (QED) is 0.204. The number of hydrogen-bond acceptors (Lipinski definition) is 6. The zero-order valence-electron chi connectivity index (χ0n) is 22.5. The molecule has 0 radical (unpaired) electrons. The van der Waals surface area contributed by atoms with Gasteiger partial charge in [-0.2, -0.15) is 0 Å². The molecule has 0 saturated carbocycles. The van der Waals surface area contributed by atoms with Crippen molar-refractivity contribution in [3.63, 3.8) is 0 Å². The molecule has 0 aliphatic carbocycles. The van der Waals surface area contributed by atoms with Gasteiger partial charge in [-0.3, -0.25) is 0 Å². The first kappa shape index (κ1) is 31.2. The summed E-state index contributed by atoms with van der Waals surface area (Å²) in [7, 11) is 0. The van der Waals surface area contributed by atoms with Crippen molar-refractivity contribution in [2.45, 2.75) is 33.0 Å². The number of nitrogens with zero attached hydrogens (tertiary/aromatic N) is 1. The van der Waals surface area contributed by atoms with Crippen molar-refractivity contribution in [3.8, 4) is 11.5 Å². The van der Waals surface area contributed by atoms with Gasteiger partial charge >= 0.3 is 12.1 Å². The number of carboxylic acids is 1. The third-order valence-electron chi connectivity index (χ3n) is 5.86. The highest BCUT2D eigenvalue weighted by Crippen LogP contribution is 2.20. The number of amides is 1. The van der Waals surface area contributed by atoms with Gasteiger partial charge in [0.2, 0.25) is 0 Å². The molecule has 0 heterocycles. The molecule has 1 N–H and O–H groups in total. The SMILES string of the molecule is CCOC(Cc1ccc(OCCN(CCOCc2cc(Cl)cc(Cl)c2)C(=O)Oc2ccccc2C)cc1)C(=O)O. The third kappa shape index (κ3) is 10.4. The molecule has 0 aromatic heterocycles. The number of benzene rings is 3. The number of hydrogen-bond donors (Lipinski definition) is 1. The molecule has 0 aliphatic heterocycles. The Kier molecular flexibility index (Phi) is 12.6. The second kappa shape index (κ2) is 16.1. The number of para-hydroxylation sites is 1. The van der Waals surface area contributed by atoms with Crippen LogP contribution in [0.5, 0.6) is 11.5 Å². The Labute approximate surface area is 244 Å². The summed E-state index contributed by atoms with van der Waals surface area (Å²) in [6.45, 7) is 5.23. The van der Waals surface area contributed by atoms with E-state index in [1.807, 2.05) is 19.1 Å². The molecular weight excluding hydrogens is 557 g/mol. The Morgan fingerprint density at radius 2 is 1.60 bits per heavy atom. The minimum Gasteiger partial charge on any atom is -0.492 e. The van der Waals surface area contributed by atoms with Crippen LogP contribution in [0.2, 0.25) is 10.0 Å². The Hall–Kier alpha value is -3.30. The van der Waals surface area contributed by atoms with Gasteiger partial charge in [0.15, 0.2) is 6.10 Å². The van der Waals surface area contributed by atoms with E-state index in [-0.39, 0.29) is 39.3 Å². The Morgan fingerprint density at radius 3 is 2.25 bits per heavy atom. The highest BCUT2D eigenvalue weighted by molar-refractivity contribution is 6.34. The van der Waals surface area contributed by atoms with Crippen molar-refractivity contribution in [3.05, 3.63) is 93.5 Å². The van der Waals surface area contributed by atoms with E-state index < -0.39 is 18.2 Å². The lowest BCUT2D eigenvalue weighted by Crippen LogP contribution is -2.39. The number of carbonyl (C=O) groups is 2. The molecule has 10 heteroatoms. The van der Waals surface area contributed by atoms with Crippen LogP contribution in [0.25, 0.3) is 0 Å². The smallest absolute Gasteiger partial charge is 0.415 e. The first-order valence-electron chi connectivity index (χ1n) is 12.9. The van der Waals surface area contributed by atoms with Crippen LogP contribution in [-0.2, 0) is 27.3 Å². The molecule has 40 heavy (non-hydrogen) atoms. The molecule has 214 valence electrons. The van der Waals surface area contributed by atoms with Crippen molar-refractivity contribution >= 4 is 35.3 Å². The molecule has 0 aliphatic rings. The van der Waals surface area contributed by atoms with Crippen molar-refractivity contribution in [1.29, 1.82) is 0 Å². The molecule has 3 aromatic rings. The lowest BCUT2D eigenvalue weighted by atomic mass is 10.1. The molecule has 1 amide bonds. The van der Waals surface area contributed by atoms with E-state index >= 15 is 0 Å². The molecule has 3 rings (SSSR count).